The third-order valence-electron chi connectivity index (χ3n) is 7.83. The number of pyridine rings is 1. The van der Waals surface area contributed by atoms with E-state index < -0.39 is 18.9 Å². The highest BCUT2D eigenvalue weighted by molar-refractivity contribution is 6.45. The second kappa shape index (κ2) is 14.0. The molecule has 1 amide bonds. The van der Waals surface area contributed by atoms with Crippen molar-refractivity contribution in [1.29, 1.82) is 5.41 Å². The van der Waals surface area contributed by atoms with Crippen molar-refractivity contribution in [3.05, 3.63) is 17.7 Å². The van der Waals surface area contributed by atoms with Crippen LogP contribution in [0.3, 0.4) is 0 Å². The number of carbonyl (C=O) groups excluding carboxylic acids is 1. The van der Waals surface area contributed by atoms with Crippen LogP contribution in [0.15, 0.2) is 12.1 Å². The van der Waals surface area contributed by atoms with Gasteiger partial charge in [0.2, 0.25) is 0 Å². The number of rotatable bonds is 10. The summed E-state index contributed by atoms with van der Waals surface area (Å²) in [6, 6.07) is 3.49. The first-order valence-electron chi connectivity index (χ1n) is 14.1. The van der Waals surface area contributed by atoms with Crippen molar-refractivity contribution < 1.29 is 13.6 Å². The Morgan fingerprint density at radius 1 is 0.919 bits per heavy atom. The summed E-state index contributed by atoms with van der Waals surface area (Å²) in [6.07, 6.45) is 7.57. The van der Waals surface area contributed by atoms with Crippen LogP contribution in [0.5, 0.6) is 0 Å². The first kappa shape index (κ1) is 27.7. The van der Waals surface area contributed by atoms with E-state index in [1.54, 1.807) is 12.1 Å². The Hall–Kier alpha value is -2.33. The molecule has 0 radical (unpaired) electrons. The smallest absolute Gasteiger partial charge is 0.270 e. The van der Waals surface area contributed by atoms with Gasteiger partial charge in [0, 0.05) is 50.9 Å². The van der Waals surface area contributed by atoms with Crippen molar-refractivity contribution in [3.63, 3.8) is 0 Å². The first-order valence-corrected chi connectivity index (χ1v) is 14.1. The molecular weight excluding hydrogens is 476 g/mol. The Bertz CT molecular complexity index is 878. The lowest BCUT2D eigenvalue weighted by Crippen LogP contribution is -2.48. The van der Waals surface area contributed by atoms with Crippen LogP contribution in [0, 0.1) is 5.41 Å². The monoisotopic (exact) mass is 519 g/mol. The normalized spacial score (nSPS) is 20.6. The zero-order chi connectivity index (χ0) is 26.0. The summed E-state index contributed by atoms with van der Waals surface area (Å²) in [5.74, 6) is 0.401. The Balaban J connectivity index is 1.32. The number of amides is 1. The van der Waals surface area contributed by atoms with Crippen LogP contribution in [0.2, 0.25) is 0 Å². The lowest BCUT2D eigenvalue weighted by Gasteiger charge is -2.34. The number of nitrogens with zero attached hydrogens (tertiary/aromatic N) is 4. The van der Waals surface area contributed by atoms with Gasteiger partial charge in [-0.2, -0.15) is 0 Å². The van der Waals surface area contributed by atoms with Gasteiger partial charge in [-0.05, 0) is 63.7 Å². The second-order valence-corrected chi connectivity index (χ2v) is 10.6. The van der Waals surface area contributed by atoms with Crippen molar-refractivity contribution in [2.75, 3.05) is 69.1 Å². The summed E-state index contributed by atoms with van der Waals surface area (Å²) < 4.78 is 26.0. The van der Waals surface area contributed by atoms with Crippen LogP contribution in [0.1, 0.15) is 63.4 Å². The Morgan fingerprint density at radius 2 is 1.51 bits per heavy atom. The van der Waals surface area contributed by atoms with Gasteiger partial charge >= 0.3 is 0 Å². The number of aromatic nitrogens is 1. The van der Waals surface area contributed by atoms with Gasteiger partial charge < -0.3 is 25.3 Å². The third-order valence-corrected chi connectivity index (χ3v) is 7.83. The van der Waals surface area contributed by atoms with Crippen LogP contribution in [0.25, 0.3) is 0 Å². The van der Waals surface area contributed by atoms with Crippen molar-refractivity contribution in [3.8, 4) is 0 Å². The molecule has 3 aliphatic heterocycles. The molecule has 4 heterocycles. The lowest BCUT2D eigenvalue weighted by atomic mass is 10.0. The Morgan fingerprint density at radius 3 is 2.16 bits per heavy atom. The number of anilines is 2. The molecule has 3 N–H and O–H groups in total. The van der Waals surface area contributed by atoms with E-state index >= 15 is 0 Å². The number of halogens is 2. The molecule has 1 aromatic heterocycles. The van der Waals surface area contributed by atoms with Gasteiger partial charge in [-0.25, -0.2) is 13.8 Å². The molecule has 0 saturated carbocycles. The SMILES string of the molecule is N=C(C(=O)NC1CCN(CCN2CCCCC2)CC1)c1ccc(N2CCCCCC2)nc1NCC(F)F. The second-order valence-electron chi connectivity index (χ2n) is 10.6. The van der Waals surface area contributed by atoms with Crippen molar-refractivity contribution in [2.24, 2.45) is 0 Å². The van der Waals surface area contributed by atoms with Crippen LogP contribution >= 0.6 is 0 Å². The Labute approximate surface area is 219 Å². The average molecular weight is 520 g/mol. The number of piperidine rings is 2. The van der Waals surface area contributed by atoms with Gasteiger partial charge in [-0.3, -0.25) is 10.2 Å². The van der Waals surface area contributed by atoms with Crippen LogP contribution in [-0.2, 0) is 4.79 Å². The van der Waals surface area contributed by atoms with Gasteiger partial charge in [0.25, 0.3) is 12.3 Å². The van der Waals surface area contributed by atoms with E-state index in [4.69, 9.17) is 5.41 Å². The topological polar surface area (TPSA) is 87.6 Å². The minimum Gasteiger partial charge on any atom is -0.364 e. The molecule has 0 spiro atoms. The highest BCUT2D eigenvalue weighted by Gasteiger charge is 2.25. The molecular formula is C27H43F2N7O. The summed E-state index contributed by atoms with van der Waals surface area (Å²) in [5, 5.41) is 14.2. The highest BCUT2D eigenvalue weighted by Crippen LogP contribution is 2.23. The summed E-state index contributed by atoms with van der Waals surface area (Å²) in [4.78, 5) is 24.7. The largest absolute Gasteiger partial charge is 0.364 e. The zero-order valence-electron chi connectivity index (χ0n) is 22.0. The average Bonchev–Trinajstić information content (AvgIpc) is 3.21. The third kappa shape index (κ3) is 8.33. The van der Waals surface area contributed by atoms with Gasteiger partial charge in [-0.15, -0.1) is 0 Å². The number of hydrogen-bond donors (Lipinski definition) is 3. The summed E-state index contributed by atoms with van der Waals surface area (Å²) >= 11 is 0. The van der Waals surface area contributed by atoms with E-state index in [1.165, 1.54) is 45.2 Å². The molecule has 0 atom stereocenters. The zero-order valence-corrected chi connectivity index (χ0v) is 22.0. The number of likely N-dealkylation sites (tertiary alicyclic amines) is 2. The fourth-order valence-electron chi connectivity index (χ4n) is 5.58. The number of nitrogens with one attached hydrogen (secondary N) is 3. The van der Waals surface area contributed by atoms with Crippen LogP contribution < -0.4 is 15.5 Å². The van der Waals surface area contributed by atoms with Crippen LogP contribution in [0.4, 0.5) is 20.4 Å². The molecule has 0 bridgehead atoms. The molecule has 3 fully saturated rings. The van der Waals surface area contributed by atoms with Gasteiger partial charge in [0.15, 0.2) is 0 Å². The predicted octanol–water partition coefficient (Wildman–Crippen LogP) is 3.57. The highest BCUT2D eigenvalue weighted by atomic mass is 19.3. The molecule has 4 rings (SSSR count). The molecule has 0 aromatic carbocycles. The quantitative estimate of drug-likeness (QED) is 0.410. The fraction of sp³-hybridized carbons (Fsp3) is 0.741. The Kier molecular flexibility index (Phi) is 10.5. The molecule has 8 nitrogen and oxygen atoms in total. The van der Waals surface area contributed by atoms with Gasteiger partial charge in [-0.1, -0.05) is 19.3 Å². The maximum atomic E-state index is 13.0. The van der Waals surface area contributed by atoms with E-state index in [0.717, 1.165) is 65.0 Å². The minimum atomic E-state index is -2.56. The molecule has 0 unspecified atom stereocenters. The van der Waals surface area contributed by atoms with E-state index in [2.05, 4.69) is 30.3 Å². The van der Waals surface area contributed by atoms with Gasteiger partial charge in [0.05, 0.1) is 6.54 Å². The maximum absolute atomic E-state index is 13.0. The summed E-state index contributed by atoms with van der Waals surface area (Å²) in [6.45, 7) is 7.60. The van der Waals surface area contributed by atoms with Crippen molar-refractivity contribution in [1.82, 2.24) is 20.1 Å². The maximum Gasteiger partial charge on any atom is 0.270 e. The van der Waals surface area contributed by atoms with Crippen molar-refractivity contribution in [2.45, 2.75) is 70.3 Å². The van der Waals surface area contributed by atoms with E-state index in [0.29, 0.717) is 5.82 Å². The van der Waals surface area contributed by atoms with E-state index in [1.807, 2.05) is 0 Å². The molecule has 206 valence electrons. The standard InChI is InChI=1S/C27H43F2N7O/c28-23(29)20-31-26-22(8-9-24(33-26)36-14-6-1-2-7-15-36)25(30)27(37)32-21-10-16-35(17-11-21)19-18-34-12-4-3-5-13-34/h8-9,21,23,30H,1-7,10-20H2,(H,31,33)(H,32,37). The molecule has 3 saturated heterocycles. The number of carbonyl (C=O) groups is 1. The molecule has 3 aliphatic rings. The van der Waals surface area contributed by atoms with Crippen LogP contribution in [-0.4, -0.2) is 97.8 Å². The molecule has 1 aromatic rings. The molecule has 10 heteroatoms. The first-order chi connectivity index (χ1) is 18.0. The van der Waals surface area contributed by atoms with E-state index in [9.17, 15) is 13.6 Å². The minimum absolute atomic E-state index is 0.0147. The van der Waals surface area contributed by atoms with E-state index in [-0.39, 0.29) is 23.1 Å². The predicted molar refractivity (Wildman–Crippen MR) is 144 cm³/mol. The lowest BCUT2D eigenvalue weighted by molar-refractivity contribution is -0.115. The van der Waals surface area contributed by atoms with Crippen molar-refractivity contribution >= 4 is 23.3 Å². The summed E-state index contributed by atoms with van der Waals surface area (Å²) in [5.41, 5.74) is 0.0231. The summed E-state index contributed by atoms with van der Waals surface area (Å²) in [7, 11) is 0. The fourth-order valence-corrected chi connectivity index (χ4v) is 5.58. The molecule has 0 aliphatic carbocycles. The molecule has 37 heavy (non-hydrogen) atoms. The number of alkyl halides is 2. The number of hydrogen-bond acceptors (Lipinski definition) is 7. The van der Waals surface area contributed by atoms with Gasteiger partial charge in [0.1, 0.15) is 17.3 Å².